The third-order valence-corrected chi connectivity index (χ3v) is 15.5. The number of carboxylic acids is 1. The van der Waals surface area contributed by atoms with Crippen molar-refractivity contribution in [3.63, 3.8) is 0 Å². The summed E-state index contributed by atoms with van der Waals surface area (Å²) >= 11 is 0. The number of ether oxygens (including phenoxy) is 3. The van der Waals surface area contributed by atoms with E-state index in [1.165, 1.54) is 0 Å². The van der Waals surface area contributed by atoms with Crippen LogP contribution in [0.25, 0.3) is 0 Å². The Morgan fingerprint density at radius 1 is 0.768 bits per heavy atom. The van der Waals surface area contributed by atoms with Crippen LogP contribution >= 0.6 is 0 Å². The van der Waals surface area contributed by atoms with Crippen LogP contribution in [-0.4, -0.2) is 196 Å². The number of carbonyl (C=O) groups is 9. The number of hydrogen-bond acceptors (Lipinski definition) is 15. The lowest BCUT2D eigenvalue weighted by Gasteiger charge is -2.39. The number of anilines is 1. The Kier molecular flexibility index (Phi) is 28.1. The minimum Gasteiger partial charge on any atom is -0.484 e. The Morgan fingerprint density at radius 2 is 1.43 bits per heavy atom. The second-order valence-corrected chi connectivity index (χ2v) is 22.0. The Hall–Kier alpha value is -6.73. The molecule has 8 N–H and O–H groups in total. The molecule has 2 saturated heterocycles. The summed E-state index contributed by atoms with van der Waals surface area (Å²) in [5.41, 5.74) is 10.1. The van der Waals surface area contributed by atoms with E-state index in [2.05, 4.69) is 26.7 Å². The van der Waals surface area contributed by atoms with Gasteiger partial charge in [-0.05, 0) is 99.3 Å². The summed E-state index contributed by atoms with van der Waals surface area (Å²) in [6.07, 6.45) is 2.14. The van der Waals surface area contributed by atoms with E-state index in [4.69, 9.17) is 29.9 Å². The van der Waals surface area contributed by atoms with Gasteiger partial charge >= 0.3 is 5.97 Å². The summed E-state index contributed by atoms with van der Waals surface area (Å²) in [7, 11) is 8.51. The van der Waals surface area contributed by atoms with Crippen molar-refractivity contribution in [3.05, 3.63) is 59.7 Å². The van der Waals surface area contributed by atoms with E-state index in [1.54, 1.807) is 79.6 Å². The predicted molar refractivity (Wildman–Crippen MR) is 305 cm³/mol. The van der Waals surface area contributed by atoms with Gasteiger partial charge in [0.1, 0.15) is 5.75 Å². The third kappa shape index (κ3) is 21.2. The average molecular weight is 1150 g/mol. The lowest BCUT2D eigenvalue weighted by atomic mass is 9.90. The molecule has 0 spiro atoms. The van der Waals surface area contributed by atoms with Crippen LogP contribution in [0.4, 0.5) is 5.69 Å². The van der Waals surface area contributed by atoms with E-state index in [0.29, 0.717) is 62.4 Å². The van der Waals surface area contributed by atoms with Gasteiger partial charge in [-0.1, -0.05) is 65.3 Å². The molecule has 2 fully saturated rings. The standard InChI is InChI=1S/C58H90N10O14/c1-11-37(4)54(66(8)52(74)33-62-57(76)53(36(2)3)65(6)7)46(79-9)30-51(73)68-26-12-13-45(68)55(80-10)38(5)31-60-44(56(59)75)29-39-16-20-43(21-17-39)81-35-49(71)64-82-34-40-14-18-42(19-15-40)63-48(70)32-61-47(69)22-23-50(72)67-27-24-41(25-28-67)58(77)78/h14-21,36-38,41,44-46,53-55,60H,11-13,22-35H2,1-10H3,(H2,59,75)(H,61,69)(H,62,76)(H,63,70)(H,64,71)(H,77,78). The molecule has 2 heterocycles. The van der Waals surface area contributed by atoms with E-state index in [-0.39, 0.29) is 106 Å². The number of hydrogen-bond donors (Lipinski definition) is 7. The molecular formula is C58H90N10O14. The fourth-order valence-corrected chi connectivity index (χ4v) is 10.7. The van der Waals surface area contributed by atoms with Crippen molar-refractivity contribution in [1.82, 2.24) is 41.0 Å². The Morgan fingerprint density at radius 3 is 2.01 bits per heavy atom. The number of nitrogens with two attached hydrogens (primary N) is 1. The topological polar surface area (TPSA) is 310 Å². The summed E-state index contributed by atoms with van der Waals surface area (Å²) in [4.78, 5) is 127. The van der Waals surface area contributed by atoms with Crippen LogP contribution < -0.4 is 37.2 Å². The van der Waals surface area contributed by atoms with Crippen LogP contribution in [-0.2, 0) is 70.5 Å². The quantitative estimate of drug-likeness (QED) is 0.0494. The summed E-state index contributed by atoms with van der Waals surface area (Å²) in [5.74, 6) is -3.95. The first-order chi connectivity index (χ1) is 39.0. The number of rotatable bonds is 34. The van der Waals surface area contributed by atoms with Crippen molar-refractivity contribution < 1.29 is 67.3 Å². The second kappa shape index (κ2) is 34.0. The maximum absolute atomic E-state index is 14.2. The van der Waals surface area contributed by atoms with Crippen molar-refractivity contribution in [2.45, 2.75) is 135 Å². The lowest BCUT2D eigenvalue weighted by Crippen LogP contribution is -2.55. The van der Waals surface area contributed by atoms with Crippen molar-refractivity contribution in [1.29, 1.82) is 0 Å². The second-order valence-electron chi connectivity index (χ2n) is 22.0. The third-order valence-electron chi connectivity index (χ3n) is 15.5. The van der Waals surface area contributed by atoms with Gasteiger partial charge in [0.05, 0.1) is 68.4 Å². The van der Waals surface area contributed by atoms with Crippen LogP contribution in [0.1, 0.15) is 97.1 Å². The maximum atomic E-state index is 14.2. The van der Waals surface area contributed by atoms with Gasteiger partial charge in [-0.25, -0.2) is 5.48 Å². The van der Waals surface area contributed by atoms with E-state index in [0.717, 1.165) is 18.4 Å². The molecule has 2 aliphatic heterocycles. The first-order valence-corrected chi connectivity index (χ1v) is 28.3. The molecule has 2 aliphatic rings. The molecule has 82 heavy (non-hydrogen) atoms. The SMILES string of the molecule is CCC(C)C(C(CC(=O)N1CCCC1C(OC)C(C)CNC(Cc1ccc(OCC(=O)NOCc2ccc(NC(=O)CNC(=O)CCC(=O)N3CCC(C(=O)O)CC3)cc2)cc1)C(N)=O)OC)N(C)C(=O)CNC(=O)C(C(C)C)N(C)C. The zero-order chi connectivity index (χ0) is 60.6. The number of hydroxylamine groups is 1. The van der Waals surface area contributed by atoms with Crippen LogP contribution in [0.5, 0.6) is 5.75 Å². The average Bonchev–Trinajstić information content (AvgIpc) is 4.14. The fraction of sp³-hybridized carbons (Fsp3) is 0.638. The predicted octanol–water partition coefficient (Wildman–Crippen LogP) is 2.08. The smallest absolute Gasteiger partial charge is 0.306 e. The summed E-state index contributed by atoms with van der Waals surface area (Å²) in [6, 6.07) is 11.7. The molecule has 0 bridgehead atoms. The van der Waals surface area contributed by atoms with Gasteiger partial charge in [-0.3, -0.25) is 52.9 Å². The van der Waals surface area contributed by atoms with E-state index in [9.17, 15) is 43.2 Å². The number of carboxylic acid groups (broad SMARTS) is 1. The van der Waals surface area contributed by atoms with Gasteiger partial charge < -0.3 is 61.0 Å². The molecule has 0 aliphatic carbocycles. The molecule has 2 aromatic carbocycles. The van der Waals surface area contributed by atoms with E-state index < -0.39 is 59.7 Å². The zero-order valence-electron chi connectivity index (χ0n) is 49.5. The van der Waals surface area contributed by atoms with Crippen LogP contribution in [0.15, 0.2) is 48.5 Å². The molecule has 4 rings (SSSR count). The van der Waals surface area contributed by atoms with Crippen LogP contribution in [0.2, 0.25) is 0 Å². The lowest BCUT2D eigenvalue weighted by molar-refractivity contribution is -0.145. The van der Waals surface area contributed by atoms with Gasteiger partial charge in [-0.15, -0.1) is 0 Å². The number of nitrogens with zero attached hydrogens (tertiary/aromatic N) is 4. The number of benzene rings is 2. The molecule has 2 aromatic rings. The van der Waals surface area contributed by atoms with Crippen LogP contribution in [0, 0.1) is 23.7 Å². The molecule has 24 heteroatoms. The molecule has 8 unspecified atom stereocenters. The number of likely N-dealkylation sites (N-methyl/N-ethyl adjacent to an activating group) is 2. The summed E-state index contributed by atoms with van der Waals surface area (Å²) in [6.45, 7) is 10.7. The number of nitrogens with one attached hydrogen (secondary N) is 5. The van der Waals surface area contributed by atoms with Gasteiger partial charge in [0, 0.05) is 66.0 Å². The highest BCUT2D eigenvalue weighted by atomic mass is 16.7. The van der Waals surface area contributed by atoms with Crippen molar-refractivity contribution in [2.24, 2.45) is 29.4 Å². The summed E-state index contributed by atoms with van der Waals surface area (Å²) < 4.78 is 17.7. The molecule has 0 saturated carbocycles. The van der Waals surface area contributed by atoms with Crippen molar-refractivity contribution in [3.8, 4) is 5.75 Å². The number of likely N-dealkylation sites (tertiary alicyclic amines) is 2. The molecule has 8 amide bonds. The minimum absolute atomic E-state index is 0.0136. The van der Waals surface area contributed by atoms with E-state index >= 15 is 0 Å². The molecule has 8 atom stereocenters. The molecule has 0 radical (unpaired) electrons. The fourth-order valence-electron chi connectivity index (χ4n) is 10.7. The number of carbonyl (C=O) groups excluding carboxylic acids is 8. The number of primary amides is 1. The monoisotopic (exact) mass is 1150 g/mol. The van der Waals surface area contributed by atoms with Gasteiger partial charge in [0.25, 0.3) is 5.91 Å². The van der Waals surface area contributed by atoms with Gasteiger partial charge in [0.15, 0.2) is 6.61 Å². The molecule has 24 nitrogen and oxygen atoms in total. The first-order valence-electron chi connectivity index (χ1n) is 28.3. The highest BCUT2D eigenvalue weighted by molar-refractivity contribution is 5.95. The molecular weight excluding hydrogens is 1060 g/mol. The van der Waals surface area contributed by atoms with Crippen LogP contribution in [0.3, 0.4) is 0 Å². The Bertz CT molecular complexity index is 2410. The number of methoxy groups -OCH3 is 2. The minimum atomic E-state index is -0.871. The van der Waals surface area contributed by atoms with Gasteiger partial charge in [-0.2, -0.15) is 0 Å². The summed E-state index contributed by atoms with van der Waals surface area (Å²) in [5, 5.41) is 20.4. The normalized spacial score (nSPS) is 17.2. The highest BCUT2D eigenvalue weighted by Gasteiger charge is 2.41. The Labute approximate surface area is 482 Å². The first kappa shape index (κ1) is 67.8. The molecule has 456 valence electrons. The number of aliphatic carboxylic acids is 1. The van der Waals surface area contributed by atoms with Gasteiger partial charge in [0.2, 0.25) is 41.4 Å². The number of amides is 8. The molecule has 0 aromatic heterocycles. The van der Waals surface area contributed by atoms with Crippen molar-refractivity contribution in [2.75, 3.05) is 86.6 Å². The largest absolute Gasteiger partial charge is 0.484 e. The maximum Gasteiger partial charge on any atom is 0.306 e. The number of piperidine rings is 1. The van der Waals surface area contributed by atoms with E-state index in [1.807, 2.05) is 58.5 Å². The zero-order valence-corrected chi connectivity index (χ0v) is 49.5. The Balaban J connectivity index is 1.18. The highest BCUT2D eigenvalue weighted by Crippen LogP contribution is 2.29. The van der Waals surface area contributed by atoms with Crippen molar-refractivity contribution >= 4 is 58.9 Å².